The van der Waals surface area contributed by atoms with Gasteiger partial charge in [-0.3, -0.25) is 9.59 Å². The van der Waals surface area contributed by atoms with Crippen LogP contribution in [0.2, 0.25) is 0 Å². The normalized spacial score (nSPS) is 12.7. The maximum absolute atomic E-state index is 12.5. The van der Waals surface area contributed by atoms with Crippen LogP contribution in [0.5, 0.6) is 0 Å². The van der Waals surface area contributed by atoms with Crippen molar-refractivity contribution in [3.8, 4) is 0 Å². The van der Waals surface area contributed by atoms with Gasteiger partial charge >= 0.3 is 0 Å². The summed E-state index contributed by atoms with van der Waals surface area (Å²) < 4.78 is 1.69. The first-order valence-electron chi connectivity index (χ1n) is 12.1. The van der Waals surface area contributed by atoms with Gasteiger partial charge in [-0.25, -0.2) is 4.98 Å². The first-order chi connectivity index (χ1) is 14.2. The highest BCUT2D eigenvalue weighted by Crippen LogP contribution is 2.22. The number of rotatable bonds is 15. The summed E-state index contributed by atoms with van der Waals surface area (Å²) in [5.41, 5.74) is -0.497. The van der Waals surface area contributed by atoms with Gasteiger partial charge in [0, 0.05) is 24.6 Å². The zero-order chi connectivity index (χ0) is 22.6. The lowest BCUT2D eigenvalue weighted by atomic mass is 9.90. The molecule has 0 bridgehead atoms. The molecule has 1 aromatic heterocycles. The van der Waals surface area contributed by atoms with Crippen LogP contribution in [0.25, 0.3) is 0 Å². The van der Waals surface area contributed by atoms with E-state index < -0.39 is 5.41 Å². The average molecular weight is 420 g/mol. The van der Waals surface area contributed by atoms with E-state index in [1.165, 1.54) is 64.2 Å². The van der Waals surface area contributed by atoms with Crippen molar-refractivity contribution >= 4 is 17.5 Å². The van der Waals surface area contributed by atoms with Crippen LogP contribution in [0.4, 0.5) is 5.82 Å². The van der Waals surface area contributed by atoms with Crippen LogP contribution in [0.15, 0.2) is 6.20 Å². The van der Waals surface area contributed by atoms with Crippen LogP contribution in [0.3, 0.4) is 0 Å². The monoisotopic (exact) mass is 419 g/mol. The van der Waals surface area contributed by atoms with Crippen LogP contribution in [0, 0.1) is 11.3 Å². The molecule has 0 saturated carbocycles. The summed E-state index contributed by atoms with van der Waals surface area (Å²) in [6.07, 6.45) is 17.0. The molecule has 0 radical (unpaired) electrons. The zero-order valence-electron chi connectivity index (χ0n) is 20.4. The average Bonchev–Trinajstić information content (AvgIpc) is 3.04. The largest absolute Gasteiger partial charge is 0.329 e. The summed E-state index contributed by atoms with van der Waals surface area (Å²) in [6.45, 7) is 9.85. The lowest BCUT2D eigenvalue weighted by Crippen LogP contribution is -2.23. The molecule has 30 heavy (non-hydrogen) atoms. The highest BCUT2D eigenvalue weighted by atomic mass is 16.2. The standard InChI is InChI=1S/C25H45N3O2/c1-7-8-9-10-11-12-13-14-15-16-17-18-20(2)24(30)27-21-19-28(6)23(26-21)22(29)25(3,4)5/h19-20H,7-18H2,1-6H3,(H,27,30). The highest BCUT2D eigenvalue weighted by molar-refractivity contribution is 5.98. The number of amides is 1. The van der Waals surface area contributed by atoms with Crippen molar-refractivity contribution in [2.45, 2.75) is 112 Å². The van der Waals surface area contributed by atoms with Gasteiger partial charge in [-0.2, -0.15) is 0 Å². The van der Waals surface area contributed by atoms with Gasteiger partial charge in [-0.1, -0.05) is 105 Å². The molecule has 1 amide bonds. The number of nitrogens with zero attached hydrogens (tertiary/aromatic N) is 2. The van der Waals surface area contributed by atoms with Gasteiger partial charge in [0.15, 0.2) is 11.6 Å². The van der Waals surface area contributed by atoms with E-state index in [0.717, 1.165) is 12.8 Å². The van der Waals surface area contributed by atoms with Crippen molar-refractivity contribution in [3.05, 3.63) is 12.0 Å². The van der Waals surface area contributed by atoms with Gasteiger partial charge in [0.05, 0.1) is 0 Å². The minimum absolute atomic E-state index is 0.0186. The second-order valence-electron chi connectivity index (χ2n) is 9.85. The number of aromatic nitrogens is 2. The van der Waals surface area contributed by atoms with Gasteiger partial charge in [0.2, 0.25) is 11.7 Å². The van der Waals surface area contributed by atoms with Crippen LogP contribution in [0.1, 0.15) is 122 Å². The quantitative estimate of drug-likeness (QED) is 0.248. The maximum Gasteiger partial charge on any atom is 0.228 e. The summed E-state index contributed by atoms with van der Waals surface area (Å²) in [5, 5.41) is 2.88. The number of Topliss-reactive ketones (excluding diaryl/α,β-unsaturated/α-hetero) is 1. The summed E-state index contributed by atoms with van der Waals surface area (Å²) >= 11 is 0. The van der Waals surface area contributed by atoms with Gasteiger partial charge < -0.3 is 9.88 Å². The molecule has 1 heterocycles. The van der Waals surface area contributed by atoms with E-state index >= 15 is 0 Å². The van der Waals surface area contributed by atoms with Gasteiger partial charge in [-0.05, 0) is 6.42 Å². The number of nitrogens with one attached hydrogen (secondary N) is 1. The molecular formula is C25H45N3O2. The van der Waals surface area contributed by atoms with Crippen LogP contribution in [-0.4, -0.2) is 21.2 Å². The predicted octanol–water partition coefficient (Wildman–Crippen LogP) is 6.92. The Balaban J connectivity index is 2.23. The Morgan fingerprint density at radius 1 is 0.967 bits per heavy atom. The second-order valence-corrected chi connectivity index (χ2v) is 9.85. The third-order valence-corrected chi connectivity index (χ3v) is 5.70. The van der Waals surface area contributed by atoms with Crippen LogP contribution in [-0.2, 0) is 11.8 Å². The van der Waals surface area contributed by atoms with Crippen molar-refractivity contribution in [2.75, 3.05) is 5.32 Å². The number of ketones is 1. The summed E-state index contributed by atoms with van der Waals surface area (Å²) in [6, 6.07) is 0. The Kier molecular flexibility index (Phi) is 12.0. The molecule has 1 atom stereocenters. The smallest absolute Gasteiger partial charge is 0.228 e. The van der Waals surface area contributed by atoms with Crippen molar-refractivity contribution in [1.29, 1.82) is 0 Å². The Hall–Kier alpha value is -1.65. The number of anilines is 1. The fraction of sp³-hybridized carbons (Fsp3) is 0.800. The van der Waals surface area contributed by atoms with Crippen LogP contribution >= 0.6 is 0 Å². The van der Waals surface area contributed by atoms with E-state index in [1.54, 1.807) is 17.8 Å². The topological polar surface area (TPSA) is 64.0 Å². The third-order valence-electron chi connectivity index (χ3n) is 5.70. The molecule has 1 N–H and O–H groups in total. The second kappa shape index (κ2) is 13.6. The summed E-state index contributed by atoms with van der Waals surface area (Å²) in [7, 11) is 1.79. The fourth-order valence-corrected chi connectivity index (χ4v) is 3.57. The molecule has 5 nitrogen and oxygen atoms in total. The Bertz CT molecular complexity index is 643. The zero-order valence-corrected chi connectivity index (χ0v) is 20.4. The molecule has 0 fully saturated rings. The molecule has 5 heteroatoms. The van der Waals surface area contributed by atoms with E-state index in [9.17, 15) is 9.59 Å². The molecule has 0 saturated heterocycles. The van der Waals surface area contributed by atoms with Gasteiger partial charge in [0.25, 0.3) is 0 Å². The molecule has 0 aliphatic rings. The van der Waals surface area contributed by atoms with Crippen LogP contribution < -0.4 is 5.32 Å². The molecular weight excluding hydrogens is 374 g/mol. The minimum Gasteiger partial charge on any atom is -0.329 e. The third kappa shape index (κ3) is 9.90. The summed E-state index contributed by atoms with van der Waals surface area (Å²) in [5.74, 6) is 0.749. The Morgan fingerprint density at radius 3 is 1.97 bits per heavy atom. The van der Waals surface area contributed by atoms with E-state index in [4.69, 9.17) is 0 Å². The molecule has 172 valence electrons. The van der Waals surface area contributed by atoms with Crippen molar-refractivity contribution in [2.24, 2.45) is 18.4 Å². The number of hydrogen-bond donors (Lipinski definition) is 1. The molecule has 1 unspecified atom stereocenters. The molecule has 0 aromatic carbocycles. The Morgan fingerprint density at radius 2 is 1.47 bits per heavy atom. The van der Waals surface area contributed by atoms with E-state index in [1.807, 2.05) is 27.7 Å². The maximum atomic E-state index is 12.5. The van der Waals surface area contributed by atoms with Gasteiger partial charge in [0.1, 0.15) is 0 Å². The molecule has 0 spiro atoms. The van der Waals surface area contributed by atoms with E-state index in [2.05, 4.69) is 17.2 Å². The SMILES string of the molecule is CCCCCCCCCCCCCC(C)C(=O)Nc1cn(C)c(C(=O)C(C)(C)C)n1. The molecule has 1 aromatic rings. The highest BCUT2D eigenvalue weighted by Gasteiger charge is 2.27. The van der Waals surface area contributed by atoms with E-state index in [-0.39, 0.29) is 17.6 Å². The number of carbonyl (C=O) groups excluding carboxylic acids is 2. The lowest BCUT2D eigenvalue weighted by Gasteiger charge is -2.15. The predicted molar refractivity (Wildman–Crippen MR) is 126 cm³/mol. The molecule has 0 aliphatic heterocycles. The number of carbonyl (C=O) groups is 2. The number of unbranched alkanes of at least 4 members (excludes halogenated alkanes) is 10. The summed E-state index contributed by atoms with van der Waals surface area (Å²) in [4.78, 5) is 29.3. The van der Waals surface area contributed by atoms with Crippen molar-refractivity contribution in [3.63, 3.8) is 0 Å². The number of imidazole rings is 1. The van der Waals surface area contributed by atoms with E-state index in [0.29, 0.717) is 11.6 Å². The minimum atomic E-state index is -0.497. The van der Waals surface area contributed by atoms with Crippen molar-refractivity contribution in [1.82, 2.24) is 9.55 Å². The lowest BCUT2D eigenvalue weighted by molar-refractivity contribution is -0.119. The molecule has 1 rings (SSSR count). The first-order valence-corrected chi connectivity index (χ1v) is 12.1. The fourth-order valence-electron chi connectivity index (χ4n) is 3.57. The number of aryl methyl sites for hydroxylation is 1. The van der Waals surface area contributed by atoms with Crippen molar-refractivity contribution < 1.29 is 9.59 Å². The Labute approximate surface area is 184 Å². The number of hydrogen-bond acceptors (Lipinski definition) is 3. The molecule has 0 aliphatic carbocycles. The van der Waals surface area contributed by atoms with Gasteiger partial charge in [-0.15, -0.1) is 0 Å². The first kappa shape index (κ1) is 26.4.